The van der Waals surface area contributed by atoms with E-state index in [0.29, 0.717) is 16.8 Å². The molecule has 0 fully saturated rings. The van der Waals surface area contributed by atoms with Gasteiger partial charge in [-0.15, -0.1) is 0 Å². The minimum absolute atomic E-state index is 0.0909. The van der Waals surface area contributed by atoms with Crippen LogP contribution in [-0.2, 0) is 6.54 Å². The van der Waals surface area contributed by atoms with Crippen LogP contribution in [0.1, 0.15) is 32.2 Å². The standard InChI is InChI=1S/C22H16N6O2/c23-12-16-7-1-2-8-17(16)26-21(29)19-18-9-3-4-11-28(18)20(27-19)22(30)25-14-15-6-5-10-24-13-15/h1-11,13H,14H2,(H,25,30)(H,26,29). The van der Waals surface area contributed by atoms with Crippen LogP contribution in [0, 0.1) is 11.3 Å². The van der Waals surface area contributed by atoms with Gasteiger partial charge in [-0.1, -0.05) is 24.3 Å². The third kappa shape index (κ3) is 3.72. The Morgan fingerprint density at radius 2 is 1.87 bits per heavy atom. The SMILES string of the molecule is N#Cc1ccccc1NC(=O)c1nc(C(=O)NCc2cccnc2)n2ccccc12. The minimum atomic E-state index is -0.507. The van der Waals surface area contributed by atoms with Crippen LogP contribution in [0.2, 0.25) is 0 Å². The van der Waals surface area contributed by atoms with Crippen LogP contribution in [-0.4, -0.2) is 26.2 Å². The van der Waals surface area contributed by atoms with Crippen molar-refractivity contribution in [2.45, 2.75) is 6.54 Å². The van der Waals surface area contributed by atoms with Gasteiger partial charge in [0, 0.05) is 25.1 Å². The zero-order valence-corrected chi connectivity index (χ0v) is 15.7. The molecule has 0 aliphatic rings. The number of nitrogens with zero attached hydrogens (tertiary/aromatic N) is 4. The van der Waals surface area contributed by atoms with Gasteiger partial charge >= 0.3 is 0 Å². The summed E-state index contributed by atoms with van der Waals surface area (Å²) in [5.41, 5.74) is 2.14. The number of carbonyl (C=O) groups is 2. The van der Waals surface area contributed by atoms with Gasteiger partial charge in [0.2, 0.25) is 5.82 Å². The molecule has 4 aromatic rings. The Bertz CT molecular complexity index is 1270. The van der Waals surface area contributed by atoms with E-state index < -0.39 is 11.8 Å². The molecule has 1 aromatic carbocycles. The van der Waals surface area contributed by atoms with Gasteiger partial charge in [0.1, 0.15) is 6.07 Å². The average molecular weight is 396 g/mol. The largest absolute Gasteiger partial charge is 0.345 e. The van der Waals surface area contributed by atoms with E-state index in [1.807, 2.05) is 12.1 Å². The summed E-state index contributed by atoms with van der Waals surface area (Å²) in [4.78, 5) is 33.9. The number of amides is 2. The first-order valence-electron chi connectivity index (χ1n) is 9.12. The van der Waals surface area contributed by atoms with Gasteiger partial charge in [-0.05, 0) is 35.9 Å². The summed E-state index contributed by atoms with van der Waals surface area (Å²) in [6.07, 6.45) is 4.99. The van der Waals surface area contributed by atoms with Crippen molar-refractivity contribution in [2.75, 3.05) is 5.32 Å². The molecule has 0 radical (unpaired) electrons. The molecule has 30 heavy (non-hydrogen) atoms. The van der Waals surface area contributed by atoms with Crippen molar-refractivity contribution >= 4 is 23.0 Å². The number of hydrogen-bond acceptors (Lipinski definition) is 5. The normalized spacial score (nSPS) is 10.4. The van der Waals surface area contributed by atoms with Gasteiger partial charge in [-0.25, -0.2) is 4.98 Å². The molecule has 0 atom stereocenters. The summed E-state index contributed by atoms with van der Waals surface area (Å²) < 4.78 is 1.56. The Morgan fingerprint density at radius 3 is 2.67 bits per heavy atom. The highest BCUT2D eigenvalue weighted by Crippen LogP contribution is 2.18. The zero-order valence-electron chi connectivity index (χ0n) is 15.7. The van der Waals surface area contributed by atoms with Gasteiger partial charge in [0.15, 0.2) is 5.69 Å². The zero-order chi connectivity index (χ0) is 20.9. The maximum atomic E-state index is 12.9. The summed E-state index contributed by atoms with van der Waals surface area (Å²) >= 11 is 0. The van der Waals surface area contributed by atoms with E-state index in [0.717, 1.165) is 5.56 Å². The number of para-hydroxylation sites is 1. The summed E-state index contributed by atoms with van der Waals surface area (Å²) in [6, 6.07) is 17.6. The van der Waals surface area contributed by atoms with Crippen molar-refractivity contribution in [3.05, 3.63) is 95.8 Å². The number of hydrogen-bond donors (Lipinski definition) is 2. The molecule has 146 valence electrons. The number of carbonyl (C=O) groups excluding carboxylic acids is 2. The molecule has 4 rings (SSSR count). The topological polar surface area (TPSA) is 112 Å². The number of fused-ring (bicyclic) bond motifs is 1. The lowest BCUT2D eigenvalue weighted by Gasteiger charge is -2.05. The van der Waals surface area contributed by atoms with Gasteiger partial charge in [-0.2, -0.15) is 5.26 Å². The van der Waals surface area contributed by atoms with Crippen LogP contribution in [0.4, 0.5) is 5.69 Å². The molecule has 0 bridgehead atoms. The van der Waals surface area contributed by atoms with E-state index in [-0.39, 0.29) is 18.1 Å². The van der Waals surface area contributed by atoms with E-state index in [1.54, 1.807) is 71.5 Å². The van der Waals surface area contributed by atoms with Crippen LogP contribution >= 0.6 is 0 Å². The Hall–Kier alpha value is -4.51. The molecule has 0 aliphatic carbocycles. The molecule has 3 heterocycles. The number of pyridine rings is 2. The maximum absolute atomic E-state index is 12.9. The van der Waals surface area contributed by atoms with E-state index in [9.17, 15) is 14.9 Å². The van der Waals surface area contributed by atoms with Crippen molar-refractivity contribution in [3.8, 4) is 6.07 Å². The van der Waals surface area contributed by atoms with Gasteiger partial charge in [0.25, 0.3) is 11.8 Å². The van der Waals surface area contributed by atoms with Gasteiger partial charge < -0.3 is 10.6 Å². The van der Waals surface area contributed by atoms with Crippen LogP contribution in [0.15, 0.2) is 73.2 Å². The molecule has 0 saturated heterocycles. The fraction of sp³-hybridized carbons (Fsp3) is 0.0455. The minimum Gasteiger partial charge on any atom is -0.345 e. The maximum Gasteiger partial charge on any atom is 0.287 e. The first-order valence-corrected chi connectivity index (χ1v) is 9.12. The second kappa shape index (κ2) is 8.24. The first-order chi connectivity index (χ1) is 14.7. The molecular formula is C22H16N6O2. The van der Waals surface area contributed by atoms with Crippen molar-refractivity contribution < 1.29 is 9.59 Å². The highest BCUT2D eigenvalue weighted by molar-refractivity contribution is 6.09. The number of benzene rings is 1. The molecule has 0 unspecified atom stereocenters. The third-order valence-electron chi connectivity index (χ3n) is 4.44. The van der Waals surface area contributed by atoms with Gasteiger partial charge in [0.05, 0.1) is 16.8 Å². The fourth-order valence-corrected chi connectivity index (χ4v) is 3.00. The van der Waals surface area contributed by atoms with Crippen LogP contribution in [0.3, 0.4) is 0 Å². The number of nitriles is 1. The second-order valence-corrected chi connectivity index (χ2v) is 6.40. The van der Waals surface area contributed by atoms with Crippen LogP contribution < -0.4 is 10.6 Å². The molecule has 3 aromatic heterocycles. The van der Waals surface area contributed by atoms with Crippen molar-refractivity contribution in [1.29, 1.82) is 5.26 Å². The first kappa shape index (κ1) is 18.8. The van der Waals surface area contributed by atoms with Crippen LogP contribution in [0.25, 0.3) is 5.52 Å². The van der Waals surface area contributed by atoms with E-state index >= 15 is 0 Å². The Balaban J connectivity index is 1.63. The Kier molecular flexibility index (Phi) is 5.17. The highest BCUT2D eigenvalue weighted by Gasteiger charge is 2.22. The van der Waals surface area contributed by atoms with Crippen molar-refractivity contribution in [3.63, 3.8) is 0 Å². The highest BCUT2D eigenvalue weighted by atomic mass is 16.2. The fourth-order valence-electron chi connectivity index (χ4n) is 3.00. The lowest BCUT2D eigenvalue weighted by Crippen LogP contribution is -2.25. The lowest BCUT2D eigenvalue weighted by atomic mass is 10.2. The van der Waals surface area contributed by atoms with Gasteiger partial charge in [-0.3, -0.25) is 19.0 Å². The molecule has 0 spiro atoms. The average Bonchev–Trinajstić information content (AvgIpc) is 3.18. The van der Waals surface area contributed by atoms with Crippen molar-refractivity contribution in [1.82, 2.24) is 19.7 Å². The predicted molar refractivity (Wildman–Crippen MR) is 110 cm³/mol. The molecule has 0 saturated carbocycles. The van der Waals surface area contributed by atoms with Crippen LogP contribution in [0.5, 0.6) is 0 Å². The molecular weight excluding hydrogens is 380 g/mol. The predicted octanol–water partition coefficient (Wildman–Crippen LogP) is 2.78. The number of rotatable bonds is 5. The number of imidazole rings is 1. The Labute approximate surface area is 171 Å². The van der Waals surface area contributed by atoms with E-state index in [2.05, 4.69) is 20.6 Å². The molecule has 2 amide bonds. The second-order valence-electron chi connectivity index (χ2n) is 6.40. The molecule has 0 aliphatic heterocycles. The van der Waals surface area contributed by atoms with E-state index in [4.69, 9.17) is 0 Å². The molecule has 8 heteroatoms. The summed E-state index contributed by atoms with van der Waals surface area (Å²) in [7, 11) is 0. The van der Waals surface area contributed by atoms with Crippen molar-refractivity contribution in [2.24, 2.45) is 0 Å². The monoisotopic (exact) mass is 396 g/mol. The Morgan fingerprint density at radius 1 is 1.03 bits per heavy atom. The third-order valence-corrected chi connectivity index (χ3v) is 4.44. The summed E-state index contributed by atoms with van der Waals surface area (Å²) in [6.45, 7) is 0.283. The van der Waals surface area contributed by atoms with E-state index in [1.165, 1.54) is 0 Å². The lowest BCUT2D eigenvalue weighted by molar-refractivity contribution is 0.0940. The number of aromatic nitrogens is 3. The number of anilines is 1. The number of nitrogens with one attached hydrogen (secondary N) is 2. The molecule has 2 N–H and O–H groups in total. The molecule has 8 nitrogen and oxygen atoms in total. The summed E-state index contributed by atoms with van der Waals surface area (Å²) in [5, 5.41) is 14.7. The smallest absolute Gasteiger partial charge is 0.287 e. The quantitative estimate of drug-likeness (QED) is 0.539. The summed E-state index contributed by atoms with van der Waals surface area (Å²) in [5.74, 6) is -0.836.